The second-order valence-corrected chi connectivity index (χ2v) is 6.90. The highest BCUT2D eigenvalue weighted by Gasteiger charge is 2.53. The zero-order valence-electron chi connectivity index (χ0n) is 14.9. The lowest BCUT2D eigenvalue weighted by atomic mass is 9.85. The summed E-state index contributed by atoms with van der Waals surface area (Å²) in [6, 6.07) is 0. The molecule has 1 aromatic heterocycles. The molecule has 2 amide bonds. The molecule has 6 nitrogen and oxygen atoms in total. The summed E-state index contributed by atoms with van der Waals surface area (Å²) in [6.07, 6.45) is 4.96. The van der Waals surface area contributed by atoms with Gasteiger partial charge in [0.05, 0.1) is 5.69 Å². The molecule has 0 saturated carbocycles. The molecule has 1 unspecified atom stereocenters. The quantitative estimate of drug-likeness (QED) is 0.849. The van der Waals surface area contributed by atoms with Crippen molar-refractivity contribution in [2.75, 3.05) is 19.6 Å². The van der Waals surface area contributed by atoms with Crippen molar-refractivity contribution in [2.24, 2.45) is 0 Å². The average molecular weight is 333 g/mol. The molecule has 2 fully saturated rings. The van der Waals surface area contributed by atoms with Crippen LogP contribution in [0.3, 0.4) is 0 Å². The Morgan fingerprint density at radius 2 is 1.96 bits per heavy atom. The number of amides is 2. The second-order valence-electron chi connectivity index (χ2n) is 6.90. The van der Waals surface area contributed by atoms with E-state index in [2.05, 4.69) is 12.1 Å². The number of nitrogens with zero attached hydrogens (tertiary/aromatic N) is 3. The fourth-order valence-corrected chi connectivity index (χ4v) is 4.27. The van der Waals surface area contributed by atoms with Crippen molar-refractivity contribution >= 4 is 11.8 Å². The van der Waals surface area contributed by atoms with E-state index < -0.39 is 5.54 Å². The molecule has 0 N–H and O–H groups in total. The summed E-state index contributed by atoms with van der Waals surface area (Å²) in [7, 11) is 0. The molecule has 6 heteroatoms. The fraction of sp³-hybridized carbons (Fsp3) is 0.722. The lowest BCUT2D eigenvalue weighted by Gasteiger charge is -2.44. The molecule has 3 heterocycles. The third-order valence-electron chi connectivity index (χ3n) is 5.41. The molecular formula is C18H27N3O3. The van der Waals surface area contributed by atoms with Crippen LogP contribution in [-0.4, -0.2) is 51.9 Å². The zero-order chi connectivity index (χ0) is 17.3. The van der Waals surface area contributed by atoms with E-state index in [-0.39, 0.29) is 11.8 Å². The highest BCUT2D eigenvalue weighted by Crippen LogP contribution is 2.39. The van der Waals surface area contributed by atoms with Crippen LogP contribution in [-0.2, 0) is 11.2 Å². The summed E-state index contributed by atoms with van der Waals surface area (Å²) in [4.78, 5) is 30.2. The van der Waals surface area contributed by atoms with Crippen LogP contribution in [0.1, 0.15) is 67.8 Å². The van der Waals surface area contributed by atoms with Gasteiger partial charge in [0.2, 0.25) is 5.91 Å². The van der Waals surface area contributed by atoms with E-state index in [0.29, 0.717) is 30.0 Å². The van der Waals surface area contributed by atoms with Crippen LogP contribution in [0.15, 0.2) is 4.52 Å². The van der Waals surface area contributed by atoms with Crippen LogP contribution < -0.4 is 0 Å². The number of carbonyl (C=O) groups is 2. The number of likely N-dealkylation sites (tertiary alicyclic amines) is 2. The molecule has 2 saturated heterocycles. The normalized spacial score (nSPS) is 24.2. The van der Waals surface area contributed by atoms with Gasteiger partial charge in [0.15, 0.2) is 0 Å². The zero-order valence-corrected chi connectivity index (χ0v) is 14.9. The van der Waals surface area contributed by atoms with Gasteiger partial charge in [0, 0.05) is 19.6 Å². The number of aryl methyl sites for hydroxylation is 2. The number of hydrogen-bond donors (Lipinski definition) is 0. The predicted molar refractivity (Wildman–Crippen MR) is 89.7 cm³/mol. The number of piperidine rings is 1. The third-order valence-corrected chi connectivity index (χ3v) is 5.41. The van der Waals surface area contributed by atoms with Gasteiger partial charge in [-0.2, -0.15) is 0 Å². The maximum absolute atomic E-state index is 13.2. The minimum atomic E-state index is -0.654. The van der Waals surface area contributed by atoms with Gasteiger partial charge in [-0.05, 0) is 45.4 Å². The average Bonchev–Trinajstić information content (AvgIpc) is 3.16. The number of aromatic nitrogens is 1. The minimum Gasteiger partial charge on any atom is -0.361 e. The van der Waals surface area contributed by atoms with E-state index >= 15 is 0 Å². The molecule has 2 aliphatic rings. The Morgan fingerprint density at radius 3 is 2.62 bits per heavy atom. The van der Waals surface area contributed by atoms with Crippen LogP contribution in [0.4, 0.5) is 0 Å². The Hall–Kier alpha value is -1.85. The van der Waals surface area contributed by atoms with Crippen LogP contribution in [0.25, 0.3) is 0 Å². The molecular weight excluding hydrogens is 306 g/mol. The molecule has 1 atom stereocenters. The Kier molecular flexibility index (Phi) is 4.65. The van der Waals surface area contributed by atoms with E-state index in [4.69, 9.17) is 4.52 Å². The highest BCUT2D eigenvalue weighted by molar-refractivity contribution is 6.01. The summed E-state index contributed by atoms with van der Waals surface area (Å²) in [6.45, 7) is 8.04. The monoisotopic (exact) mass is 333 g/mol. The van der Waals surface area contributed by atoms with Crippen molar-refractivity contribution in [3.8, 4) is 0 Å². The van der Waals surface area contributed by atoms with E-state index in [1.807, 2.05) is 16.7 Å². The first-order valence-electron chi connectivity index (χ1n) is 9.11. The molecule has 24 heavy (non-hydrogen) atoms. The van der Waals surface area contributed by atoms with Gasteiger partial charge < -0.3 is 14.3 Å². The Morgan fingerprint density at radius 1 is 1.25 bits per heavy atom. The first kappa shape index (κ1) is 17.0. The first-order valence-corrected chi connectivity index (χ1v) is 9.11. The third kappa shape index (κ3) is 2.52. The Bertz CT molecular complexity index is 637. The van der Waals surface area contributed by atoms with Crippen LogP contribution in [0, 0.1) is 6.92 Å². The first-order chi connectivity index (χ1) is 11.5. The number of carbonyl (C=O) groups excluding carboxylic acids is 2. The van der Waals surface area contributed by atoms with Crippen LogP contribution in [0.5, 0.6) is 0 Å². The van der Waals surface area contributed by atoms with E-state index in [1.165, 1.54) is 0 Å². The second kappa shape index (κ2) is 6.57. The highest BCUT2D eigenvalue weighted by atomic mass is 16.5. The van der Waals surface area contributed by atoms with E-state index in [9.17, 15) is 9.59 Å². The van der Waals surface area contributed by atoms with Gasteiger partial charge in [0.25, 0.3) is 5.91 Å². The molecule has 0 bridgehead atoms. The lowest BCUT2D eigenvalue weighted by Crippen LogP contribution is -2.61. The molecule has 0 aliphatic carbocycles. The van der Waals surface area contributed by atoms with Crippen molar-refractivity contribution in [3.63, 3.8) is 0 Å². The maximum atomic E-state index is 13.2. The molecule has 1 spiro atoms. The van der Waals surface area contributed by atoms with Gasteiger partial charge >= 0.3 is 0 Å². The smallest absolute Gasteiger partial charge is 0.260 e. The Balaban J connectivity index is 1.94. The van der Waals surface area contributed by atoms with Crippen molar-refractivity contribution in [2.45, 2.75) is 64.8 Å². The van der Waals surface area contributed by atoms with Gasteiger partial charge in [-0.15, -0.1) is 0 Å². The van der Waals surface area contributed by atoms with Crippen LogP contribution >= 0.6 is 0 Å². The molecule has 132 valence electrons. The molecule has 0 radical (unpaired) electrons. The summed E-state index contributed by atoms with van der Waals surface area (Å²) >= 11 is 0. The van der Waals surface area contributed by atoms with E-state index in [1.54, 1.807) is 6.92 Å². The van der Waals surface area contributed by atoms with Crippen molar-refractivity contribution < 1.29 is 14.1 Å². The summed E-state index contributed by atoms with van der Waals surface area (Å²) < 4.78 is 5.24. The van der Waals surface area contributed by atoms with Gasteiger partial charge in [-0.3, -0.25) is 9.59 Å². The van der Waals surface area contributed by atoms with Gasteiger partial charge in [-0.1, -0.05) is 19.0 Å². The maximum Gasteiger partial charge on any atom is 0.260 e. The molecule has 0 aromatic carbocycles. The Labute approximate surface area is 143 Å². The topological polar surface area (TPSA) is 66.7 Å². The van der Waals surface area contributed by atoms with Crippen molar-refractivity contribution in [1.29, 1.82) is 0 Å². The molecule has 3 rings (SSSR count). The lowest BCUT2D eigenvalue weighted by molar-refractivity contribution is -0.145. The number of hydrogen-bond acceptors (Lipinski definition) is 4. The minimum absolute atomic E-state index is 0.0881. The standard InChI is InChI=1S/C18H27N3O3/c1-4-10-20-11-6-8-18(17(20)23)9-7-12-21(18)16(22)15-13(3)24-19-14(15)5-2/h4-12H2,1-3H3. The van der Waals surface area contributed by atoms with Crippen molar-refractivity contribution in [1.82, 2.24) is 15.0 Å². The van der Waals surface area contributed by atoms with E-state index in [0.717, 1.165) is 45.2 Å². The molecule has 1 aromatic rings. The number of rotatable bonds is 4. The predicted octanol–water partition coefficient (Wildman–Crippen LogP) is 2.55. The van der Waals surface area contributed by atoms with Crippen molar-refractivity contribution in [3.05, 3.63) is 17.0 Å². The summed E-state index contributed by atoms with van der Waals surface area (Å²) in [5.74, 6) is 0.593. The summed E-state index contributed by atoms with van der Waals surface area (Å²) in [5.41, 5.74) is 0.589. The molecule has 2 aliphatic heterocycles. The fourth-order valence-electron chi connectivity index (χ4n) is 4.27. The van der Waals surface area contributed by atoms with Crippen LogP contribution in [0.2, 0.25) is 0 Å². The van der Waals surface area contributed by atoms with Gasteiger partial charge in [-0.25, -0.2) is 0 Å². The SMILES string of the molecule is CCCN1CCCC2(CCCN2C(=O)c2c(CC)noc2C)C1=O. The van der Waals surface area contributed by atoms with Gasteiger partial charge in [0.1, 0.15) is 16.9 Å². The summed E-state index contributed by atoms with van der Waals surface area (Å²) in [5, 5.41) is 4.01. The largest absolute Gasteiger partial charge is 0.361 e.